The van der Waals surface area contributed by atoms with Crippen LogP contribution in [0.5, 0.6) is 17.2 Å². The Bertz CT molecular complexity index is 635. The standard InChI is InChI=1S/C13H32NOSi.C10H12O5.HI/c1-6-16(7-2,8-3)13-9-10-14(4,5)11-12-15;1-13-7-4-6(10(11)12)5-8(14-2)9(7)15-3;/h15H,6-13H2,1-5H3;4-5H,1-3H3,(H,11,12);1H/q+1;;/p-2. The molecule has 0 bridgehead atoms. The zero-order chi connectivity index (χ0) is 24.1. The van der Waals surface area contributed by atoms with Crippen LogP contribution in [-0.2, 0) is 0 Å². The van der Waals surface area contributed by atoms with Gasteiger partial charge < -0.3 is 57.7 Å². The highest BCUT2D eigenvalue weighted by molar-refractivity contribution is 6.79. The number of rotatable bonds is 13. The molecule has 1 N–H and O–H groups in total. The summed E-state index contributed by atoms with van der Waals surface area (Å²) in [5, 5.41) is 19.7. The van der Waals surface area contributed by atoms with Crippen LogP contribution in [0.4, 0.5) is 0 Å². The molecule has 0 fully saturated rings. The number of aliphatic hydroxyl groups is 1. The van der Waals surface area contributed by atoms with E-state index in [-0.39, 0.29) is 41.0 Å². The molecule has 32 heavy (non-hydrogen) atoms. The molecule has 0 saturated carbocycles. The molecule has 0 unspecified atom stereocenters. The summed E-state index contributed by atoms with van der Waals surface area (Å²) < 4.78 is 15.9. The van der Waals surface area contributed by atoms with E-state index < -0.39 is 14.0 Å². The molecule has 0 aliphatic carbocycles. The van der Waals surface area contributed by atoms with E-state index in [1.165, 1.54) is 70.6 Å². The average molecular weight is 585 g/mol. The summed E-state index contributed by atoms with van der Waals surface area (Å²) in [4.78, 5) is 10.7. The number of carboxylic acids is 1. The number of likely N-dealkylation sites (N-methyl/N-ethyl adjacent to an activating group) is 1. The van der Waals surface area contributed by atoms with E-state index in [2.05, 4.69) is 34.9 Å². The molecule has 0 aliphatic rings. The monoisotopic (exact) mass is 584 g/mol. The molecule has 188 valence electrons. The first-order chi connectivity index (χ1) is 14.6. The Kier molecular flexibility index (Phi) is 17.1. The van der Waals surface area contributed by atoms with Gasteiger partial charge in [-0.25, -0.2) is 0 Å². The van der Waals surface area contributed by atoms with Crippen LogP contribution in [-0.4, -0.2) is 78.8 Å². The Morgan fingerprint density at radius 2 is 1.44 bits per heavy atom. The smallest absolute Gasteiger partial charge is 0.203 e. The predicted octanol–water partition coefficient (Wildman–Crippen LogP) is 0.0336. The van der Waals surface area contributed by atoms with Gasteiger partial charge in [0, 0.05) is 5.56 Å². The van der Waals surface area contributed by atoms with Crippen LogP contribution >= 0.6 is 0 Å². The fourth-order valence-electron chi connectivity index (χ4n) is 3.74. The van der Waals surface area contributed by atoms with Gasteiger partial charge in [0.05, 0.1) is 62.6 Å². The number of methoxy groups -OCH3 is 3. The number of halogens is 1. The van der Waals surface area contributed by atoms with Gasteiger partial charge in [0.1, 0.15) is 6.54 Å². The number of carbonyl (C=O) groups is 1. The topological polar surface area (TPSA) is 88.1 Å². The number of benzene rings is 1. The summed E-state index contributed by atoms with van der Waals surface area (Å²) in [6, 6.07) is 8.42. The van der Waals surface area contributed by atoms with Crippen molar-refractivity contribution in [1.29, 1.82) is 0 Å². The first-order valence-corrected chi connectivity index (χ1v) is 13.9. The van der Waals surface area contributed by atoms with Gasteiger partial charge in [0.25, 0.3) is 0 Å². The highest BCUT2D eigenvalue weighted by Gasteiger charge is 2.27. The molecule has 0 spiro atoms. The molecule has 1 aromatic carbocycles. The summed E-state index contributed by atoms with van der Waals surface area (Å²) in [5.74, 6) is -0.369. The lowest BCUT2D eigenvalue weighted by Gasteiger charge is -2.32. The molecule has 0 aliphatic heterocycles. The van der Waals surface area contributed by atoms with Gasteiger partial charge in [-0.3, -0.25) is 0 Å². The minimum atomic E-state index is -1.30. The van der Waals surface area contributed by atoms with Crippen molar-refractivity contribution < 1.29 is 57.7 Å². The van der Waals surface area contributed by atoms with Crippen molar-refractivity contribution in [1.82, 2.24) is 0 Å². The van der Waals surface area contributed by atoms with Gasteiger partial charge in [-0.1, -0.05) is 44.9 Å². The van der Waals surface area contributed by atoms with E-state index in [4.69, 9.17) is 19.3 Å². The molecule has 0 aromatic heterocycles. The lowest BCUT2D eigenvalue weighted by atomic mass is 10.2. The number of hydrogen-bond acceptors (Lipinski definition) is 6. The molecule has 0 atom stereocenters. The van der Waals surface area contributed by atoms with E-state index >= 15 is 0 Å². The Labute approximate surface area is 212 Å². The van der Waals surface area contributed by atoms with Crippen LogP contribution in [0.2, 0.25) is 24.2 Å². The lowest BCUT2D eigenvalue weighted by molar-refractivity contribution is -0.890. The normalized spacial score (nSPS) is 11.0. The van der Waals surface area contributed by atoms with E-state index in [9.17, 15) is 9.90 Å². The third kappa shape index (κ3) is 10.7. The van der Waals surface area contributed by atoms with Gasteiger partial charge in [0.15, 0.2) is 11.5 Å². The SMILES string of the molecule is CC[Si](CC)(CC)CCC[N+](C)(C)CCO.COc1cc(C(=O)[O-])cc(OC)c1OC.[I-]. The predicted molar refractivity (Wildman–Crippen MR) is 126 cm³/mol. The number of carboxylic acid groups (broad SMARTS) is 1. The quantitative estimate of drug-likeness (QED) is 0.200. The molecule has 1 aromatic rings. The number of nitrogens with zero attached hydrogens (tertiary/aromatic N) is 1. The van der Waals surface area contributed by atoms with Gasteiger partial charge in [-0.15, -0.1) is 0 Å². The van der Waals surface area contributed by atoms with Gasteiger partial charge in [-0.2, -0.15) is 0 Å². The zero-order valence-corrected chi connectivity index (χ0v) is 24.3. The second-order valence-electron chi connectivity index (χ2n) is 8.47. The second-order valence-corrected chi connectivity index (χ2v) is 14.1. The lowest BCUT2D eigenvalue weighted by Crippen LogP contribution is -3.00. The van der Waals surface area contributed by atoms with Crippen LogP contribution < -0.4 is 43.3 Å². The van der Waals surface area contributed by atoms with Crippen molar-refractivity contribution in [2.45, 2.75) is 51.4 Å². The molecule has 0 heterocycles. The molecule has 0 saturated heterocycles. The Balaban J connectivity index is 0. The number of carbonyl (C=O) groups excluding carboxylic acids is 1. The summed E-state index contributed by atoms with van der Waals surface area (Å²) in [6.07, 6.45) is 1.34. The van der Waals surface area contributed by atoms with E-state index in [1.807, 2.05) is 0 Å². The van der Waals surface area contributed by atoms with Crippen LogP contribution in [0, 0.1) is 0 Å². The minimum Gasteiger partial charge on any atom is -1.00 e. The summed E-state index contributed by atoms with van der Waals surface area (Å²) in [7, 11) is 7.81. The summed E-state index contributed by atoms with van der Waals surface area (Å²) in [5.41, 5.74) is -0.0236. The van der Waals surface area contributed by atoms with E-state index in [0.717, 1.165) is 11.0 Å². The van der Waals surface area contributed by atoms with Gasteiger partial charge in [-0.05, 0) is 18.6 Å². The van der Waals surface area contributed by atoms with Crippen molar-refractivity contribution in [2.24, 2.45) is 0 Å². The van der Waals surface area contributed by atoms with Crippen LogP contribution in [0.15, 0.2) is 12.1 Å². The maximum Gasteiger partial charge on any atom is 0.203 e. The Hall–Kier alpha value is -1.04. The fraction of sp³-hybridized carbons (Fsp3) is 0.696. The molecule has 0 amide bonds. The van der Waals surface area contributed by atoms with Gasteiger partial charge in [0.2, 0.25) is 5.75 Å². The highest BCUT2D eigenvalue weighted by atomic mass is 127. The molecule has 7 nitrogen and oxygen atoms in total. The average Bonchev–Trinajstić information content (AvgIpc) is 2.76. The van der Waals surface area contributed by atoms with Gasteiger partial charge >= 0.3 is 0 Å². The Morgan fingerprint density at radius 1 is 0.969 bits per heavy atom. The molecular weight excluding hydrogens is 541 g/mol. The number of ether oxygens (including phenoxy) is 3. The number of aromatic carboxylic acids is 1. The Morgan fingerprint density at radius 3 is 1.75 bits per heavy atom. The number of hydrogen-bond donors (Lipinski definition) is 1. The first kappa shape index (κ1) is 33.1. The van der Waals surface area contributed by atoms with Crippen molar-refractivity contribution >= 4 is 14.0 Å². The van der Waals surface area contributed by atoms with Crippen molar-refractivity contribution in [3.8, 4) is 17.2 Å². The van der Waals surface area contributed by atoms with Crippen LogP contribution in [0.25, 0.3) is 0 Å². The second kappa shape index (κ2) is 16.6. The van der Waals surface area contributed by atoms with Crippen LogP contribution in [0.1, 0.15) is 37.6 Å². The largest absolute Gasteiger partial charge is 1.00 e. The van der Waals surface area contributed by atoms with Crippen molar-refractivity contribution in [2.75, 3.05) is 55.1 Å². The van der Waals surface area contributed by atoms with Crippen molar-refractivity contribution in [3.05, 3.63) is 17.7 Å². The molecule has 0 radical (unpaired) electrons. The molecular formula is C23H43INO6Si-. The molecule has 9 heteroatoms. The fourth-order valence-corrected chi connectivity index (χ4v) is 7.21. The summed E-state index contributed by atoms with van der Waals surface area (Å²) in [6.45, 7) is 9.56. The van der Waals surface area contributed by atoms with E-state index in [1.54, 1.807) is 0 Å². The van der Waals surface area contributed by atoms with Crippen molar-refractivity contribution in [3.63, 3.8) is 0 Å². The molecule has 1 rings (SSSR count). The van der Waals surface area contributed by atoms with E-state index in [0.29, 0.717) is 12.4 Å². The highest BCUT2D eigenvalue weighted by Crippen LogP contribution is 2.37. The first-order valence-electron chi connectivity index (χ1n) is 11.0. The van der Waals surface area contributed by atoms with Crippen LogP contribution in [0.3, 0.4) is 0 Å². The maximum absolute atomic E-state index is 10.7. The number of quaternary nitrogens is 1. The maximum atomic E-state index is 10.7. The summed E-state index contributed by atoms with van der Waals surface area (Å²) >= 11 is 0. The zero-order valence-electron chi connectivity index (χ0n) is 21.1. The minimum absolute atomic E-state index is 0. The third-order valence-electron chi connectivity index (χ3n) is 6.33. The number of aliphatic hydroxyl groups excluding tert-OH is 1. The third-order valence-corrected chi connectivity index (χ3v) is 12.2.